The fourth-order valence-electron chi connectivity index (χ4n) is 3.32. The number of methoxy groups -OCH3 is 2. The molecular weight excluding hydrogens is 424 g/mol. The second-order valence-electron chi connectivity index (χ2n) is 7.12. The Labute approximate surface area is 190 Å². The molecule has 33 heavy (non-hydrogen) atoms. The van der Waals surface area contributed by atoms with Crippen molar-refractivity contribution in [3.63, 3.8) is 0 Å². The maximum absolute atomic E-state index is 12.5. The zero-order chi connectivity index (χ0) is 23.2. The van der Waals surface area contributed by atoms with Gasteiger partial charge in [-0.15, -0.1) is 0 Å². The van der Waals surface area contributed by atoms with E-state index in [-0.39, 0.29) is 24.9 Å². The van der Waals surface area contributed by atoms with Crippen LogP contribution in [-0.2, 0) is 17.8 Å². The van der Waals surface area contributed by atoms with E-state index in [1.54, 1.807) is 26.4 Å². The van der Waals surface area contributed by atoms with Crippen LogP contribution in [0.5, 0.6) is 17.4 Å². The van der Waals surface area contributed by atoms with Gasteiger partial charge in [-0.05, 0) is 18.2 Å². The van der Waals surface area contributed by atoms with Crippen LogP contribution in [0.3, 0.4) is 0 Å². The topological polar surface area (TPSA) is 109 Å². The molecule has 2 heterocycles. The molecule has 2 aromatic carbocycles. The lowest BCUT2D eigenvalue weighted by Crippen LogP contribution is -2.28. The molecule has 0 aliphatic rings. The molecule has 9 nitrogen and oxygen atoms in total. The molecule has 0 bridgehead atoms. The molecule has 4 rings (SSSR count). The fraction of sp³-hybridized carbons (Fsp3) is 0.250. The average Bonchev–Trinajstić information content (AvgIpc) is 3.30. The summed E-state index contributed by atoms with van der Waals surface area (Å²) in [5.74, 6) is 1.80. The number of carbonyl (C=O) groups is 1. The van der Waals surface area contributed by atoms with Gasteiger partial charge in [0, 0.05) is 24.1 Å². The monoisotopic (exact) mass is 448 g/mol. The van der Waals surface area contributed by atoms with Gasteiger partial charge in [0.05, 0.1) is 14.2 Å². The molecule has 0 atom stereocenters. The summed E-state index contributed by atoms with van der Waals surface area (Å²) in [5, 5.41) is 7.51. The van der Waals surface area contributed by atoms with Crippen molar-refractivity contribution in [1.82, 2.24) is 20.4 Å². The van der Waals surface area contributed by atoms with Gasteiger partial charge < -0.3 is 24.1 Å². The van der Waals surface area contributed by atoms with Gasteiger partial charge in [0.25, 0.3) is 11.6 Å². The van der Waals surface area contributed by atoms with E-state index in [2.05, 4.69) is 20.4 Å². The summed E-state index contributed by atoms with van der Waals surface area (Å²) in [5.41, 5.74) is 2.50. The van der Waals surface area contributed by atoms with Crippen molar-refractivity contribution >= 4 is 17.0 Å². The first-order valence-electron chi connectivity index (χ1n) is 10.4. The largest absolute Gasteiger partial charge is 0.497 e. The van der Waals surface area contributed by atoms with Crippen molar-refractivity contribution in [1.29, 1.82) is 0 Å². The highest BCUT2D eigenvalue weighted by Gasteiger charge is 2.20. The number of hydrogen-bond donors (Lipinski definition) is 1. The van der Waals surface area contributed by atoms with Crippen LogP contribution in [0, 0.1) is 0 Å². The van der Waals surface area contributed by atoms with Gasteiger partial charge in [0.2, 0.25) is 5.88 Å². The SMILES string of the molecule is CCc1nc(OCC(=O)NCc2cc(OC)ccc2OC)c2c(-c3ccccc3)noc2n1. The van der Waals surface area contributed by atoms with Gasteiger partial charge in [0.1, 0.15) is 28.4 Å². The van der Waals surface area contributed by atoms with Crippen LogP contribution in [-0.4, -0.2) is 41.9 Å². The molecule has 4 aromatic rings. The van der Waals surface area contributed by atoms with Crippen LogP contribution in [0.25, 0.3) is 22.4 Å². The summed E-state index contributed by atoms with van der Waals surface area (Å²) >= 11 is 0. The Hall–Kier alpha value is -4.14. The smallest absolute Gasteiger partial charge is 0.265 e. The van der Waals surface area contributed by atoms with E-state index in [1.165, 1.54) is 0 Å². The van der Waals surface area contributed by atoms with E-state index in [0.29, 0.717) is 40.5 Å². The highest BCUT2D eigenvalue weighted by atomic mass is 16.5. The van der Waals surface area contributed by atoms with E-state index in [4.69, 9.17) is 18.7 Å². The van der Waals surface area contributed by atoms with Gasteiger partial charge in [-0.25, -0.2) is 0 Å². The minimum Gasteiger partial charge on any atom is -0.497 e. The van der Waals surface area contributed by atoms with Crippen LogP contribution in [0.1, 0.15) is 18.3 Å². The molecule has 0 aliphatic heterocycles. The molecule has 2 aromatic heterocycles. The lowest BCUT2D eigenvalue weighted by molar-refractivity contribution is -0.123. The van der Waals surface area contributed by atoms with Crippen molar-refractivity contribution in [2.24, 2.45) is 0 Å². The molecular formula is C24H24N4O5. The third kappa shape index (κ3) is 4.87. The molecule has 0 spiro atoms. The van der Waals surface area contributed by atoms with Crippen molar-refractivity contribution in [2.75, 3.05) is 20.8 Å². The maximum Gasteiger partial charge on any atom is 0.265 e. The van der Waals surface area contributed by atoms with Crippen LogP contribution in [0.4, 0.5) is 0 Å². The summed E-state index contributed by atoms with van der Waals surface area (Å²) in [6.07, 6.45) is 0.579. The third-order valence-electron chi connectivity index (χ3n) is 5.02. The maximum atomic E-state index is 12.5. The first-order chi connectivity index (χ1) is 16.1. The lowest BCUT2D eigenvalue weighted by atomic mass is 10.1. The first-order valence-corrected chi connectivity index (χ1v) is 10.4. The number of fused-ring (bicyclic) bond motifs is 1. The summed E-state index contributed by atoms with van der Waals surface area (Å²) in [7, 11) is 3.16. The van der Waals surface area contributed by atoms with E-state index in [0.717, 1.165) is 11.1 Å². The van der Waals surface area contributed by atoms with Crippen molar-refractivity contribution in [3.8, 4) is 28.6 Å². The van der Waals surface area contributed by atoms with Crippen LogP contribution in [0.15, 0.2) is 53.1 Å². The Morgan fingerprint density at radius 1 is 1.06 bits per heavy atom. The number of amides is 1. The standard InChI is InChI=1S/C24H24N4O5/c1-4-19-26-23(21-22(28-33-24(21)27-19)15-8-6-5-7-9-15)32-14-20(29)25-13-16-12-17(30-2)10-11-18(16)31-3/h5-12H,4,13-14H2,1-3H3,(H,25,29). The summed E-state index contributed by atoms with van der Waals surface area (Å²) in [4.78, 5) is 21.4. The minimum atomic E-state index is -0.317. The Balaban J connectivity index is 1.52. The predicted octanol–water partition coefficient (Wildman–Crippen LogP) is 3.56. The second-order valence-corrected chi connectivity index (χ2v) is 7.12. The normalized spacial score (nSPS) is 10.8. The number of nitrogens with zero attached hydrogens (tertiary/aromatic N) is 3. The Bertz CT molecular complexity index is 1260. The number of nitrogens with one attached hydrogen (secondary N) is 1. The van der Waals surface area contributed by atoms with Crippen LogP contribution < -0.4 is 19.5 Å². The lowest BCUT2D eigenvalue weighted by Gasteiger charge is -2.12. The molecule has 0 saturated carbocycles. The zero-order valence-corrected chi connectivity index (χ0v) is 18.6. The quantitative estimate of drug-likeness (QED) is 0.414. The van der Waals surface area contributed by atoms with E-state index in [9.17, 15) is 4.79 Å². The van der Waals surface area contributed by atoms with Crippen LogP contribution >= 0.6 is 0 Å². The molecule has 9 heteroatoms. The number of ether oxygens (including phenoxy) is 3. The van der Waals surface area contributed by atoms with E-state index < -0.39 is 0 Å². The predicted molar refractivity (Wildman–Crippen MR) is 121 cm³/mol. The summed E-state index contributed by atoms with van der Waals surface area (Å²) in [6.45, 7) is 1.94. The molecule has 0 radical (unpaired) electrons. The van der Waals surface area contributed by atoms with E-state index in [1.807, 2.05) is 43.3 Å². The number of hydrogen-bond acceptors (Lipinski definition) is 8. The third-order valence-corrected chi connectivity index (χ3v) is 5.02. The number of carbonyl (C=O) groups excluding carboxylic acids is 1. The number of aryl methyl sites for hydroxylation is 1. The Kier molecular flexibility index (Phi) is 6.68. The number of benzene rings is 2. The van der Waals surface area contributed by atoms with Crippen molar-refractivity contribution < 1.29 is 23.5 Å². The fourth-order valence-corrected chi connectivity index (χ4v) is 3.32. The highest BCUT2D eigenvalue weighted by Crippen LogP contribution is 2.33. The Morgan fingerprint density at radius 2 is 1.88 bits per heavy atom. The molecule has 0 saturated heterocycles. The molecule has 170 valence electrons. The van der Waals surface area contributed by atoms with Gasteiger partial charge in [-0.3, -0.25) is 4.79 Å². The second kappa shape index (κ2) is 9.99. The van der Waals surface area contributed by atoms with Gasteiger partial charge in [0.15, 0.2) is 6.61 Å². The number of aromatic nitrogens is 3. The van der Waals surface area contributed by atoms with Gasteiger partial charge in [-0.2, -0.15) is 9.97 Å². The van der Waals surface area contributed by atoms with Crippen LogP contribution in [0.2, 0.25) is 0 Å². The van der Waals surface area contributed by atoms with Gasteiger partial charge in [-0.1, -0.05) is 42.4 Å². The molecule has 0 unspecified atom stereocenters. The number of rotatable bonds is 9. The Morgan fingerprint density at radius 3 is 2.61 bits per heavy atom. The van der Waals surface area contributed by atoms with Crippen molar-refractivity contribution in [2.45, 2.75) is 19.9 Å². The van der Waals surface area contributed by atoms with Crippen molar-refractivity contribution in [3.05, 3.63) is 59.9 Å². The average molecular weight is 448 g/mol. The molecule has 0 fully saturated rings. The highest BCUT2D eigenvalue weighted by molar-refractivity contribution is 5.93. The molecule has 1 amide bonds. The first kappa shape index (κ1) is 22.1. The molecule has 1 N–H and O–H groups in total. The summed E-state index contributed by atoms with van der Waals surface area (Å²) < 4.78 is 21.9. The minimum absolute atomic E-state index is 0.235. The zero-order valence-electron chi connectivity index (χ0n) is 18.6. The van der Waals surface area contributed by atoms with E-state index >= 15 is 0 Å². The van der Waals surface area contributed by atoms with Gasteiger partial charge >= 0.3 is 0 Å². The molecule has 0 aliphatic carbocycles. The summed E-state index contributed by atoms with van der Waals surface area (Å²) in [6, 6.07) is 14.9.